The van der Waals surface area contributed by atoms with E-state index in [2.05, 4.69) is 4.98 Å². The first-order chi connectivity index (χ1) is 11.7. The summed E-state index contributed by atoms with van der Waals surface area (Å²) >= 11 is 1.28. The number of benzene rings is 2. The number of fused-ring (bicyclic) bond motifs is 1. The number of carbonyl (C=O) groups is 1. The van der Waals surface area contributed by atoms with Crippen LogP contribution in [0.3, 0.4) is 0 Å². The molecule has 1 heterocycles. The molecule has 0 aliphatic carbocycles. The number of ether oxygens (including phenoxy) is 1. The van der Waals surface area contributed by atoms with Crippen LogP contribution in [0, 0.1) is 0 Å². The Morgan fingerprint density at radius 2 is 2.00 bits per heavy atom. The Labute approximate surface area is 145 Å². The van der Waals surface area contributed by atoms with Gasteiger partial charge >= 0.3 is 5.97 Å². The van der Waals surface area contributed by atoms with Gasteiger partial charge in [-0.1, -0.05) is 30.3 Å². The molecular weight excluding hydrogens is 322 g/mol. The zero-order valence-corrected chi connectivity index (χ0v) is 14.3. The first kappa shape index (κ1) is 16.5. The van der Waals surface area contributed by atoms with Crippen molar-refractivity contribution >= 4 is 28.9 Å². The van der Waals surface area contributed by atoms with Crippen LogP contribution in [0.25, 0.3) is 22.0 Å². The Hall–Kier alpha value is -2.37. The molecule has 122 valence electrons. The number of hydrogen-bond donors (Lipinski definition) is 0. The summed E-state index contributed by atoms with van der Waals surface area (Å²) < 4.78 is 10.3. The lowest BCUT2D eigenvalue weighted by molar-refractivity contribution is 0.0527. The van der Waals surface area contributed by atoms with Crippen LogP contribution in [-0.4, -0.2) is 24.7 Å². The summed E-state index contributed by atoms with van der Waals surface area (Å²) in [4.78, 5) is 17.8. The summed E-state index contributed by atoms with van der Waals surface area (Å²) in [5, 5.41) is 0.919. The molecule has 3 aromatic rings. The molecule has 0 spiro atoms. The van der Waals surface area contributed by atoms with E-state index in [0.717, 1.165) is 26.9 Å². The van der Waals surface area contributed by atoms with Crippen molar-refractivity contribution in [3.63, 3.8) is 0 Å². The van der Waals surface area contributed by atoms with E-state index in [0.29, 0.717) is 12.2 Å². The molecule has 0 aliphatic heterocycles. The zero-order valence-electron chi connectivity index (χ0n) is 13.5. The monoisotopic (exact) mass is 339 g/mol. The molecule has 0 amide bonds. The third-order valence-corrected chi connectivity index (χ3v) is 4.19. The first-order valence-electron chi connectivity index (χ1n) is 7.60. The third kappa shape index (κ3) is 3.27. The number of hydrogen-bond acceptors (Lipinski definition) is 5. The van der Waals surface area contributed by atoms with E-state index in [1.54, 1.807) is 20.2 Å². The maximum Gasteiger partial charge on any atom is 0.340 e. The van der Waals surface area contributed by atoms with Crippen molar-refractivity contribution in [3.05, 3.63) is 60.3 Å². The van der Waals surface area contributed by atoms with Gasteiger partial charge in [-0.15, -0.1) is 0 Å². The SMILES string of the molecule is CCOC(=O)c1cnc2ccccc2c1-c1cccc(SOC)c1. The minimum absolute atomic E-state index is 0.324. The number of carbonyl (C=O) groups excluding carboxylic acids is 1. The van der Waals surface area contributed by atoms with Crippen LogP contribution < -0.4 is 0 Å². The zero-order chi connectivity index (χ0) is 16.9. The molecule has 0 saturated carbocycles. The molecule has 0 saturated heterocycles. The fourth-order valence-electron chi connectivity index (χ4n) is 2.62. The van der Waals surface area contributed by atoms with Gasteiger partial charge in [0.25, 0.3) is 0 Å². The quantitative estimate of drug-likeness (QED) is 0.497. The summed E-state index contributed by atoms with van der Waals surface area (Å²) in [5.41, 5.74) is 3.07. The summed E-state index contributed by atoms with van der Waals surface area (Å²) in [5.74, 6) is -0.365. The molecule has 0 bridgehead atoms. The van der Waals surface area contributed by atoms with Gasteiger partial charge in [0.05, 0.1) is 24.8 Å². The molecule has 24 heavy (non-hydrogen) atoms. The molecule has 0 radical (unpaired) electrons. The van der Waals surface area contributed by atoms with Gasteiger partial charge in [0.2, 0.25) is 0 Å². The normalized spacial score (nSPS) is 10.8. The van der Waals surface area contributed by atoms with Crippen molar-refractivity contribution in [2.45, 2.75) is 11.8 Å². The van der Waals surface area contributed by atoms with Gasteiger partial charge in [0.1, 0.15) is 0 Å². The number of esters is 1. The number of aromatic nitrogens is 1. The predicted octanol–water partition coefficient (Wildman–Crippen LogP) is 4.73. The van der Waals surface area contributed by atoms with E-state index in [1.165, 1.54) is 12.0 Å². The smallest absolute Gasteiger partial charge is 0.340 e. The lowest BCUT2D eigenvalue weighted by Crippen LogP contribution is -2.07. The van der Waals surface area contributed by atoms with Gasteiger partial charge < -0.3 is 8.92 Å². The number of nitrogens with zero attached hydrogens (tertiary/aromatic N) is 1. The predicted molar refractivity (Wildman–Crippen MR) is 96.0 cm³/mol. The second-order valence-electron chi connectivity index (χ2n) is 5.06. The lowest BCUT2D eigenvalue weighted by atomic mass is 9.96. The molecule has 0 atom stereocenters. The molecule has 3 rings (SSSR count). The number of pyridine rings is 1. The summed E-state index contributed by atoms with van der Waals surface area (Å²) in [6.45, 7) is 2.12. The standard InChI is InChI=1S/C19H17NO3S/c1-3-23-19(21)16-12-20-17-10-5-4-9-15(17)18(16)13-7-6-8-14(11-13)24-22-2/h4-12H,3H2,1-2H3. The highest BCUT2D eigenvalue weighted by molar-refractivity contribution is 7.94. The van der Waals surface area contributed by atoms with Crippen LogP contribution >= 0.6 is 12.0 Å². The van der Waals surface area contributed by atoms with E-state index in [4.69, 9.17) is 8.92 Å². The Morgan fingerprint density at radius 1 is 1.17 bits per heavy atom. The minimum atomic E-state index is -0.365. The molecule has 4 nitrogen and oxygen atoms in total. The van der Waals surface area contributed by atoms with Crippen molar-refractivity contribution in [2.75, 3.05) is 13.7 Å². The van der Waals surface area contributed by atoms with Gasteiger partial charge in [-0.25, -0.2) is 4.79 Å². The van der Waals surface area contributed by atoms with Crippen molar-refractivity contribution < 1.29 is 13.7 Å². The third-order valence-electron chi connectivity index (χ3n) is 3.57. The first-order valence-corrected chi connectivity index (χ1v) is 8.34. The summed E-state index contributed by atoms with van der Waals surface area (Å²) in [6.07, 6.45) is 1.59. The van der Waals surface area contributed by atoms with E-state index in [-0.39, 0.29) is 5.97 Å². The van der Waals surface area contributed by atoms with Crippen molar-refractivity contribution in [2.24, 2.45) is 0 Å². The average Bonchev–Trinajstić information content (AvgIpc) is 2.61. The maximum atomic E-state index is 12.4. The van der Waals surface area contributed by atoms with Crippen LogP contribution in [0.5, 0.6) is 0 Å². The Morgan fingerprint density at radius 3 is 2.79 bits per heavy atom. The Bertz CT molecular complexity index is 879. The van der Waals surface area contributed by atoms with Crippen molar-refractivity contribution in [1.29, 1.82) is 0 Å². The van der Waals surface area contributed by atoms with Gasteiger partial charge in [-0.05, 0) is 30.7 Å². The largest absolute Gasteiger partial charge is 0.462 e. The molecule has 1 aromatic heterocycles. The minimum Gasteiger partial charge on any atom is -0.462 e. The van der Waals surface area contributed by atoms with Gasteiger partial charge in [0.15, 0.2) is 0 Å². The molecule has 5 heteroatoms. The Kier molecular flexibility index (Phi) is 5.13. The second-order valence-corrected chi connectivity index (χ2v) is 6.03. The van der Waals surface area contributed by atoms with Crippen LogP contribution in [0.4, 0.5) is 0 Å². The van der Waals surface area contributed by atoms with Crippen LogP contribution in [0.1, 0.15) is 17.3 Å². The van der Waals surface area contributed by atoms with Gasteiger partial charge in [-0.3, -0.25) is 4.98 Å². The van der Waals surface area contributed by atoms with Crippen LogP contribution in [0.2, 0.25) is 0 Å². The fraction of sp³-hybridized carbons (Fsp3) is 0.158. The summed E-state index contributed by atoms with van der Waals surface area (Å²) in [6, 6.07) is 15.7. The fourth-order valence-corrected chi connectivity index (χ4v) is 3.12. The van der Waals surface area contributed by atoms with E-state index >= 15 is 0 Å². The lowest BCUT2D eigenvalue weighted by Gasteiger charge is -2.13. The molecule has 0 fully saturated rings. The highest BCUT2D eigenvalue weighted by Crippen LogP contribution is 2.33. The highest BCUT2D eigenvalue weighted by Gasteiger charge is 2.18. The molecule has 2 aromatic carbocycles. The van der Waals surface area contributed by atoms with Crippen molar-refractivity contribution in [3.8, 4) is 11.1 Å². The maximum absolute atomic E-state index is 12.4. The summed E-state index contributed by atoms with van der Waals surface area (Å²) in [7, 11) is 1.63. The van der Waals surface area contributed by atoms with Crippen LogP contribution in [0.15, 0.2) is 59.6 Å². The Balaban J connectivity index is 2.25. The van der Waals surface area contributed by atoms with E-state index in [9.17, 15) is 4.79 Å². The van der Waals surface area contributed by atoms with E-state index < -0.39 is 0 Å². The topological polar surface area (TPSA) is 48.4 Å². The highest BCUT2D eigenvalue weighted by atomic mass is 32.2. The molecule has 0 N–H and O–H groups in total. The van der Waals surface area contributed by atoms with Gasteiger partial charge in [-0.2, -0.15) is 0 Å². The molecular formula is C19H17NO3S. The van der Waals surface area contributed by atoms with Crippen molar-refractivity contribution in [1.82, 2.24) is 4.98 Å². The van der Waals surface area contributed by atoms with Crippen LogP contribution in [-0.2, 0) is 8.92 Å². The van der Waals surface area contributed by atoms with Gasteiger partial charge in [0, 0.05) is 34.1 Å². The average molecular weight is 339 g/mol. The number of rotatable bonds is 5. The number of para-hydroxylation sites is 1. The molecule has 0 aliphatic rings. The van der Waals surface area contributed by atoms with E-state index in [1.807, 2.05) is 48.5 Å². The molecule has 0 unspecified atom stereocenters. The second kappa shape index (κ2) is 7.47.